The Hall–Kier alpha value is -2.70. The molecule has 0 amide bonds. The monoisotopic (exact) mass is 525 g/mol. The van der Waals surface area contributed by atoms with Gasteiger partial charge in [0, 0.05) is 22.7 Å². The van der Waals surface area contributed by atoms with E-state index < -0.39 is 0 Å². The molecule has 2 aromatic heterocycles. The molecule has 0 radical (unpaired) electrons. The molecule has 1 aliphatic carbocycles. The quantitative estimate of drug-likeness (QED) is 0.210. The lowest BCUT2D eigenvalue weighted by Gasteiger charge is -2.14. The molecule has 0 spiro atoms. The largest absolute Gasteiger partial charge is 0.252 e. The van der Waals surface area contributed by atoms with Crippen LogP contribution >= 0.6 is 23.2 Å². The highest BCUT2D eigenvalue weighted by molar-refractivity contribution is 6.35. The van der Waals surface area contributed by atoms with Crippen molar-refractivity contribution >= 4 is 23.2 Å². The van der Waals surface area contributed by atoms with Crippen LogP contribution in [0.2, 0.25) is 10.0 Å². The number of alkyl halides is 1. The van der Waals surface area contributed by atoms with Crippen LogP contribution < -0.4 is 0 Å². The van der Waals surface area contributed by atoms with Crippen LogP contribution in [0.1, 0.15) is 55.7 Å². The van der Waals surface area contributed by atoms with Gasteiger partial charge in [-0.3, -0.25) is 9.07 Å². The van der Waals surface area contributed by atoms with Crippen molar-refractivity contribution < 1.29 is 4.39 Å². The van der Waals surface area contributed by atoms with E-state index in [1.807, 2.05) is 27.7 Å². The summed E-state index contributed by atoms with van der Waals surface area (Å²) in [6.45, 7) is 2.74. The number of nitrogens with zero attached hydrogens (tertiary/aromatic N) is 5. The predicted molar refractivity (Wildman–Crippen MR) is 144 cm³/mol. The Morgan fingerprint density at radius 1 is 1.03 bits per heavy atom. The van der Waals surface area contributed by atoms with Crippen molar-refractivity contribution in [2.24, 2.45) is 0 Å². The lowest BCUT2D eigenvalue weighted by atomic mass is 9.97. The van der Waals surface area contributed by atoms with E-state index in [0.29, 0.717) is 16.5 Å². The molecule has 5 nitrogen and oxygen atoms in total. The molecule has 0 aliphatic heterocycles. The number of aryl methyl sites for hydroxylation is 3. The van der Waals surface area contributed by atoms with Gasteiger partial charge in [0.1, 0.15) is 11.4 Å². The van der Waals surface area contributed by atoms with E-state index in [2.05, 4.69) is 35.4 Å². The van der Waals surface area contributed by atoms with E-state index in [1.165, 1.54) is 17.5 Å². The van der Waals surface area contributed by atoms with Gasteiger partial charge < -0.3 is 0 Å². The molecule has 0 fully saturated rings. The Bertz CT molecular complexity index is 1360. The van der Waals surface area contributed by atoms with E-state index in [0.717, 1.165) is 79.0 Å². The van der Waals surface area contributed by atoms with Gasteiger partial charge >= 0.3 is 0 Å². The Kier molecular flexibility index (Phi) is 7.73. The van der Waals surface area contributed by atoms with Crippen molar-refractivity contribution in [2.45, 2.75) is 64.8 Å². The van der Waals surface area contributed by atoms with Gasteiger partial charge in [0.05, 0.1) is 29.3 Å². The number of rotatable bonds is 9. The average Bonchev–Trinajstić information content (AvgIpc) is 3.43. The molecule has 0 bridgehead atoms. The second kappa shape index (κ2) is 11.1. The van der Waals surface area contributed by atoms with E-state index in [4.69, 9.17) is 28.3 Å². The summed E-state index contributed by atoms with van der Waals surface area (Å²) in [7, 11) is 0. The van der Waals surface area contributed by atoms with Crippen LogP contribution in [0, 0.1) is 0 Å². The van der Waals surface area contributed by atoms with Crippen LogP contribution in [0.5, 0.6) is 0 Å². The lowest BCUT2D eigenvalue weighted by molar-refractivity contribution is 0.473. The van der Waals surface area contributed by atoms with Crippen molar-refractivity contribution in [3.8, 4) is 28.3 Å². The topological polar surface area (TPSA) is 48.5 Å². The van der Waals surface area contributed by atoms with Crippen LogP contribution in [-0.2, 0) is 25.8 Å². The highest BCUT2D eigenvalue weighted by Gasteiger charge is 2.27. The first-order valence-electron chi connectivity index (χ1n) is 12.7. The zero-order chi connectivity index (χ0) is 25.1. The summed E-state index contributed by atoms with van der Waals surface area (Å²) in [5, 5.41) is 15.1. The van der Waals surface area contributed by atoms with Crippen molar-refractivity contribution in [2.75, 3.05) is 6.67 Å². The van der Waals surface area contributed by atoms with Crippen LogP contribution in [0.15, 0.2) is 42.6 Å². The summed E-state index contributed by atoms with van der Waals surface area (Å²) in [4.78, 5) is 0. The first-order chi connectivity index (χ1) is 17.6. The van der Waals surface area contributed by atoms with Crippen molar-refractivity contribution in [1.29, 1.82) is 0 Å². The minimum Gasteiger partial charge on any atom is -0.252 e. The normalized spacial score (nSPS) is 12.9. The summed E-state index contributed by atoms with van der Waals surface area (Å²) in [5.74, 6) is 0. The molecule has 0 saturated carbocycles. The van der Waals surface area contributed by atoms with Gasteiger partial charge in [-0.25, -0.2) is 4.68 Å². The highest BCUT2D eigenvalue weighted by atomic mass is 35.5. The number of halogens is 3. The Morgan fingerprint density at radius 2 is 1.92 bits per heavy atom. The summed E-state index contributed by atoms with van der Waals surface area (Å²) in [6, 6.07) is 12.0. The first-order valence-corrected chi connectivity index (χ1v) is 13.5. The van der Waals surface area contributed by atoms with Gasteiger partial charge in [-0.15, -0.1) is 5.10 Å². The van der Waals surface area contributed by atoms with Gasteiger partial charge in [0.25, 0.3) is 0 Å². The molecular weight excluding hydrogens is 496 g/mol. The van der Waals surface area contributed by atoms with Gasteiger partial charge in [-0.2, -0.15) is 5.10 Å². The zero-order valence-corrected chi connectivity index (χ0v) is 22.0. The molecule has 4 aromatic rings. The maximum Gasteiger partial charge on any atom is 0.133 e. The number of fused-ring (bicyclic) bond motifs is 3. The number of aromatic nitrogens is 5. The predicted octanol–water partition coefficient (Wildman–Crippen LogP) is 7.69. The van der Waals surface area contributed by atoms with Gasteiger partial charge in [0.15, 0.2) is 0 Å². The minimum atomic E-state index is -0.300. The molecule has 0 saturated heterocycles. The third kappa shape index (κ3) is 5.07. The van der Waals surface area contributed by atoms with Crippen molar-refractivity contribution in [1.82, 2.24) is 24.8 Å². The maximum atomic E-state index is 12.8. The van der Waals surface area contributed by atoms with Crippen molar-refractivity contribution in [3.05, 3.63) is 69.3 Å². The molecular formula is C28H30Cl2FN5. The molecule has 188 valence electrons. The number of hydrogen-bond acceptors (Lipinski definition) is 3. The van der Waals surface area contributed by atoms with E-state index in [9.17, 15) is 4.39 Å². The smallest absolute Gasteiger partial charge is 0.133 e. The van der Waals surface area contributed by atoms with Crippen LogP contribution in [0.25, 0.3) is 28.3 Å². The molecule has 0 unspecified atom stereocenters. The summed E-state index contributed by atoms with van der Waals surface area (Å²) in [5.41, 5.74) is 8.12. The second-order valence-corrected chi connectivity index (χ2v) is 10.2. The van der Waals surface area contributed by atoms with Crippen LogP contribution in [0.3, 0.4) is 0 Å². The molecule has 0 atom stereocenters. The average molecular weight is 526 g/mol. The lowest BCUT2D eigenvalue weighted by Crippen LogP contribution is -2.02. The minimum absolute atomic E-state index is 0.300. The summed E-state index contributed by atoms with van der Waals surface area (Å²) < 4.78 is 16.6. The Labute approximate surface area is 221 Å². The van der Waals surface area contributed by atoms with E-state index in [-0.39, 0.29) is 6.67 Å². The summed E-state index contributed by atoms with van der Waals surface area (Å²) >= 11 is 12.9. The third-order valence-corrected chi connectivity index (χ3v) is 7.33. The van der Waals surface area contributed by atoms with Gasteiger partial charge in [-0.05, 0) is 67.9 Å². The molecule has 36 heavy (non-hydrogen) atoms. The van der Waals surface area contributed by atoms with Gasteiger partial charge in [0.2, 0.25) is 0 Å². The molecule has 8 heteroatoms. The Balaban J connectivity index is 1.65. The molecule has 2 heterocycles. The first kappa shape index (κ1) is 25.0. The highest BCUT2D eigenvalue weighted by Crippen LogP contribution is 2.40. The number of unbranched alkanes of at least 4 members (excludes halogenated alkanes) is 2. The third-order valence-electron chi connectivity index (χ3n) is 6.79. The SMILES string of the molecule is CCCCCn1cc(-c2nn(-c3ccc(Cl)cc3Cl)c3c2CCCc2cc(CCCF)ccc2-3)nn1. The van der Waals surface area contributed by atoms with E-state index >= 15 is 0 Å². The maximum absolute atomic E-state index is 12.8. The molecule has 2 aromatic carbocycles. The van der Waals surface area contributed by atoms with Gasteiger partial charge in [-0.1, -0.05) is 66.4 Å². The number of benzene rings is 2. The van der Waals surface area contributed by atoms with E-state index in [1.54, 1.807) is 6.07 Å². The Morgan fingerprint density at radius 3 is 2.72 bits per heavy atom. The van der Waals surface area contributed by atoms with Crippen LogP contribution in [-0.4, -0.2) is 31.4 Å². The fourth-order valence-corrected chi connectivity index (χ4v) is 5.49. The molecule has 5 rings (SSSR count). The second-order valence-electron chi connectivity index (χ2n) is 9.39. The standard InChI is InChI=1S/C28H30Cl2FN5/c1-2-3-4-15-35-18-25(32-34-35)27-23-9-5-8-20-16-19(7-6-14-31)10-12-22(20)28(23)36(33-27)26-13-11-21(29)17-24(26)30/h10-13,16-18H,2-9,14-15H2,1H3. The fourth-order valence-electron chi connectivity index (χ4n) is 5.00. The summed E-state index contributed by atoms with van der Waals surface area (Å²) in [6.07, 6.45) is 9.49. The number of hydrogen-bond donors (Lipinski definition) is 0. The molecule has 0 N–H and O–H groups in total. The zero-order valence-electron chi connectivity index (χ0n) is 20.5. The van der Waals surface area contributed by atoms with Crippen LogP contribution in [0.4, 0.5) is 4.39 Å². The molecule has 1 aliphatic rings. The fraction of sp³-hybridized carbons (Fsp3) is 0.393. The van der Waals surface area contributed by atoms with Crippen molar-refractivity contribution in [3.63, 3.8) is 0 Å².